The summed E-state index contributed by atoms with van der Waals surface area (Å²) in [5.74, 6) is 2.50. The van der Waals surface area contributed by atoms with Gasteiger partial charge in [0.25, 0.3) is 0 Å². The van der Waals surface area contributed by atoms with Crippen molar-refractivity contribution in [3.63, 3.8) is 0 Å². The highest BCUT2D eigenvalue weighted by molar-refractivity contribution is 5.79. The van der Waals surface area contributed by atoms with Crippen molar-refractivity contribution in [1.82, 2.24) is 24.8 Å². The lowest BCUT2D eigenvalue weighted by Gasteiger charge is -2.26. The molecule has 4 rings (SSSR count). The van der Waals surface area contributed by atoms with E-state index in [9.17, 15) is 4.79 Å². The number of nitrogens with one attached hydrogen (secondary N) is 1. The average molecular weight is 396 g/mol. The topological polar surface area (TPSA) is 93.1 Å². The Morgan fingerprint density at radius 3 is 2.41 bits per heavy atom. The molecule has 0 aromatic carbocycles. The summed E-state index contributed by atoms with van der Waals surface area (Å²) in [6.45, 7) is 8.66. The van der Waals surface area contributed by atoms with Crippen molar-refractivity contribution < 1.29 is 9.53 Å². The minimum absolute atomic E-state index is 0.0971. The lowest BCUT2D eigenvalue weighted by Crippen LogP contribution is -2.37. The molecular weight excluding hydrogens is 368 g/mol. The van der Waals surface area contributed by atoms with Gasteiger partial charge in [0, 0.05) is 61.3 Å². The lowest BCUT2D eigenvalue weighted by atomic mass is 9.99. The minimum Gasteiger partial charge on any atom is -0.381 e. The molecule has 154 valence electrons. The van der Waals surface area contributed by atoms with E-state index in [-0.39, 0.29) is 17.7 Å². The van der Waals surface area contributed by atoms with Crippen molar-refractivity contribution in [2.75, 3.05) is 31.6 Å². The van der Waals surface area contributed by atoms with Crippen molar-refractivity contribution >= 4 is 17.7 Å². The number of aromatic nitrogens is 4. The van der Waals surface area contributed by atoms with E-state index in [1.807, 2.05) is 37.8 Å². The molecule has 0 unspecified atom stereocenters. The Morgan fingerprint density at radius 1 is 1.00 bits per heavy atom. The monoisotopic (exact) mass is 396 g/mol. The smallest absolute Gasteiger partial charge is 0.228 e. The molecule has 4 heterocycles. The van der Waals surface area contributed by atoms with Crippen LogP contribution in [0.2, 0.25) is 0 Å². The quantitative estimate of drug-likeness (QED) is 0.849. The van der Waals surface area contributed by atoms with Crippen molar-refractivity contribution in [2.24, 2.45) is 5.92 Å². The Kier molecular flexibility index (Phi) is 5.71. The van der Waals surface area contributed by atoms with Crippen LogP contribution in [0.1, 0.15) is 48.1 Å². The molecule has 1 amide bonds. The van der Waals surface area contributed by atoms with Gasteiger partial charge in [-0.05, 0) is 46.1 Å². The molecule has 0 aliphatic carbocycles. The fourth-order valence-corrected chi connectivity index (χ4v) is 4.11. The molecule has 2 aliphatic heterocycles. The van der Waals surface area contributed by atoms with Gasteiger partial charge in [-0.25, -0.2) is 19.9 Å². The van der Waals surface area contributed by atoms with Crippen LogP contribution in [0.15, 0.2) is 12.1 Å². The summed E-state index contributed by atoms with van der Waals surface area (Å²) in [5, 5.41) is 3.21. The Bertz CT molecular complexity index is 876. The van der Waals surface area contributed by atoms with E-state index in [0.29, 0.717) is 31.5 Å². The van der Waals surface area contributed by atoms with Crippen LogP contribution in [0.5, 0.6) is 0 Å². The SMILES string of the molecule is Cc1cc(C)nc(Nc2cc(C)nc([C@@H]3CCN(C(=O)C4CCOCC4)C3)n2)n1. The van der Waals surface area contributed by atoms with Gasteiger partial charge < -0.3 is 15.0 Å². The van der Waals surface area contributed by atoms with Crippen LogP contribution in [-0.2, 0) is 9.53 Å². The van der Waals surface area contributed by atoms with Crippen LogP contribution >= 0.6 is 0 Å². The van der Waals surface area contributed by atoms with E-state index in [0.717, 1.165) is 48.7 Å². The molecule has 2 saturated heterocycles. The molecule has 2 fully saturated rings. The van der Waals surface area contributed by atoms with Crippen LogP contribution in [0, 0.1) is 26.7 Å². The minimum atomic E-state index is 0.0971. The van der Waals surface area contributed by atoms with Gasteiger partial charge >= 0.3 is 0 Å². The third kappa shape index (κ3) is 4.70. The van der Waals surface area contributed by atoms with Crippen LogP contribution < -0.4 is 5.32 Å². The van der Waals surface area contributed by atoms with Gasteiger partial charge in [-0.1, -0.05) is 0 Å². The zero-order valence-corrected chi connectivity index (χ0v) is 17.3. The third-order valence-corrected chi connectivity index (χ3v) is 5.53. The maximum Gasteiger partial charge on any atom is 0.228 e. The highest BCUT2D eigenvalue weighted by atomic mass is 16.5. The molecule has 0 radical (unpaired) electrons. The summed E-state index contributed by atoms with van der Waals surface area (Å²) in [7, 11) is 0. The number of rotatable bonds is 4. The van der Waals surface area contributed by atoms with Gasteiger partial charge in [0.2, 0.25) is 11.9 Å². The second-order valence-electron chi connectivity index (χ2n) is 8.01. The van der Waals surface area contributed by atoms with Crippen molar-refractivity contribution in [1.29, 1.82) is 0 Å². The fourth-order valence-electron chi connectivity index (χ4n) is 4.11. The van der Waals surface area contributed by atoms with E-state index >= 15 is 0 Å². The number of carbonyl (C=O) groups is 1. The molecule has 0 saturated carbocycles. The first kappa shape index (κ1) is 19.7. The molecule has 2 aromatic rings. The summed E-state index contributed by atoms with van der Waals surface area (Å²) in [5.41, 5.74) is 2.70. The number of amides is 1. The predicted octanol–water partition coefficient (Wildman–Crippen LogP) is 2.68. The number of nitrogens with zero attached hydrogens (tertiary/aromatic N) is 5. The van der Waals surface area contributed by atoms with Crippen LogP contribution in [-0.4, -0.2) is 57.0 Å². The Hall–Kier alpha value is -2.61. The van der Waals surface area contributed by atoms with E-state index in [2.05, 4.69) is 20.3 Å². The maximum absolute atomic E-state index is 12.8. The highest BCUT2D eigenvalue weighted by Crippen LogP contribution is 2.29. The van der Waals surface area contributed by atoms with Crippen LogP contribution in [0.4, 0.5) is 11.8 Å². The molecule has 8 heteroatoms. The molecule has 0 bridgehead atoms. The second-order valence-corrected chi connectivity index (χ2v) is 8.01. The van der Waals surface area contributed by atoms with Gasteiger partial charge in [0.05, 0.1) is 0 Å². The van der Waals surface area contributed by atoms with Gasteiger partial charge in [-0.15, -0.1) is 0 Å². The Morgan fingerprint density at radius 2 is 1.69 bits per heavy atom. The summed E-state index contributed by atoms with van der Waals surface area (Å²) in [4.78, 5) is 33.0. The number of hydrogen-bond acceptors (Lipinski definition) is 7. The average Bonchev–Trinajstić information content (AvgIpc) is 3.17. The van der Waals surface area contributed by atoms with Crippen molar-refractivity contribution in [2.45, 2.75) is 46.0 Å². The molecule has 29 heavy (non-hydrogen) atoms. The van der Waals surface area contributed by atoms with Gasteiger partial charge in [-0.3, -0.25) is 4.79 Å². The maximum atomic E-state index is 12.8. The molecule has 1 atom stereocenters. The van der Waals surface area contributed by atoms with E-state index in [1.54, 1.807) is 0 Å². The molecular formula is C21H28N6O2. The zero-order chi connectivity index (χ0) is 20.4. The fraction of sp³-hybridized carbons (Fsp3) is 0.571. The summed E-state index contributed by atoms with van der Waals surface area (Å²) >= 11 is 0. The first-order valence-electron chi connectivity index (χ1n) is 10.3. The number of hydrogen-bond donors (Lipinski definition) is 1. The summed E-state index contributed by atoms with van der Waals surface area (Å²) < 4.78 is 5.38. The van der Waals surface area contributed by atoms with Crippen molar-refractivity contribution in [3.8, 4) is 0 Å². The Balaban J connectivity index is 1.47. The Labute approximate surface area is 171 Å². The number of carbonyl (C=O) groups excluding carboxylic acids is 1. The standard InChI is InChI=1S/C21H28N6O2/c1-13-10-14(2)24-21(23-13)26-18-11-15(3)22-19(25-18)17-4-7-27(12-17)20(28)16-5-8-29-9-6-16/h10-11,16-17H,4-9,12H2,1-3H3,(H,22,23,24,25,26)/t17-/m1/s1. The number of likely N-dealkylation sites (tertiary alicyclic amines) is 1. The summed E-state index contributed by atoms with van der Waals surface area (Å²) in [6.07, 6.45) is 2.54. The molecule has 1 N–H and O–H groups in total. The molecule has 8 nitrogen and oxygen atoms in total. The largest absolute Gasteiger partial charge is 0.381 e. The number of aryl methyl sites for hydroxylation is 3. The summed E-state index contributed by atoms with van der Waals surface area (Å²) in [6, 6.07) is 3.83. The predicted molar refractivity (Wildman–Crippen MR) is 109 cm³/mol. The second kappa shape index (κ2) is 8.41. The van der Waals surface area contributed by atoms with E-state index in [4.69, 9.17) is 9.72 Å². The van der Waals surface area contributed by atoms with Crippen LogP contribution in [0.25, 0.3) is 0 Å². The number of ether oxygens (including phenoxy) is 1. The number of anilines is 2. The lowest BCUT2D eigenvalue weighted by molar-refractivity contribution is -0.137. The van der Waals surface area contributed by atoms with Gasteiger partial charge in [-0.2, -0.15) is 0 Å². The highest BCUT2D eigenvalue weighted by Gasteiger charge is 2.33. The first-order valence-corrected chi connectivity index (χ1v) is 10.3. The molecule has 2 aromatic heterocycles. The van der Waals surface area contributed by atoms with Gasteiger partial charge in [0.1, 0.15) is 11.6 Å². The third-order valence-electron chi connectivity index (χ3n) is 5.53. The van der Waals surface area contributed by atoms with Crippen LogP contribution in [0.3, 0.4) is 0 Å². The van der Waals surface area contributed by atoms with E-state index < -0.39 is 0 Å². The molecule has 0 spiro atoms. The van der Waals surface area contributed by atoms with Gasteiger partial charge in [0.15, 0.2) is 0 Å². The normalized spacial score (nSPS) is 20.1. The first-order chi connectivity index (χ1) is 14.0. The van der Waals surface area contributed by atoms with E-state index in [1.165, 1.54) is 0 Å². The molecule has 2 aliphatic rings. The zero-order valence-electron chi connectivity index (χ0n) is 17.3. The van der Waals surface area contributed by atoms with Crippen molar-refractivity contribution in [3.05, 3.63) is 35.0 Å².